The van der Waals surface area contributed by atoms with Crippen LogP contribution in [-0.4, -0.2) is 42.8 Å². The van der Waals surface area contributed by atoms with Crippen LogP contribution in [-0.2, 0) is 33.2 Å². The lowest BCUT2D eigenvalue weighted by atomic mass is 9.91. The summed E-state index contributed by atoms with van der Waals surface area (Å²) in [6, 6.07) is 9.26. The molecular formula is C29H36Cl2F3NO5. The molecule has 1 N–H and O–H groups in total. The summed E-state index contributed by atoms with van der Waals surface area (Å²) in [5.74, 6) is -1.10. The van der Waals surface area contributed by atoms with E-state index in [1.807, 2.05) is 6.07 Å². The number of carbonyl (C=O) groups excluding carboxylic acids is 1. The van der Waals surface area contributed by atoms with Crippen LogP contribution in [0.15, 0.2) is 36.4 Å². The first-order chi connectivity index (χ1) is 18.5. The van der Waals surface area contributed by atoms with Crippen molar-refractivity contribution in [2.24, 2.45) is 0 Å². The molecule has 1 fully saturated rings. The van der Waals surface area contributed by atoms with E-state index in [0.717, 1.165) is 11.6 Å². The van der Waals surface area contributed by atoms with Gasteiger partial charge in [0.25, 0.3) is 0 Å². The molecule has 3 rings (SSSR count). The van der Waals surface area contributed by atoms with Crippen LogP contribution in [0.5, 0.6) is 5.75 Å². The second-order valence-corrected chi connectivity index (χ2v) is 12.2. The van der Waals surface area contributed by atoms with Gasteiger partial charge in [0.2, 0.25) is 0 Å². The molecule has 0 aliphatic carbocycles. The van der Waals surface area contributed by atoms with Gasteiger partial charge in [-0.25, -0.2) is 4.79 Å². The quantitative estimate of drug-likeness (QED) is 0.293. The number of halogens is 5. The average Bonchev–Trinajstić information content (AvgIpc) is 2.83. The third kappa shape index (κ3) is 9.43. The van der Waals surface area contributed by atoms with E-state index in [4.69, 9.17) is 42.1 Å². The van der Waals surface area contributed by atoms with Gasteiger partial charge in [0.1, 0.15) is 11.4 Å². The number of carbonyl (C=O) groups is 1. The number of alkyl carbamates (subject to hydrolysis) is 1. The van der Waals surface area contributed by atoms with Gasteiger partial charge in [-0.15, -0.1) is 0 Å². The topological polar surface area (TPSA) is 66.0 Å². The van der Waals surface area contributed by atoms with Crippen LogP contribution in [0.4, 0.5) is 18.0 Å². The SMILES string of the molecule is CC(C)(C)OC(=O)NC1(CCc2ccc(OCCCc3cccc(Cl)c3Cl)c(C(F)(F)F)c2)COC(C)(C)OC1. The van der Waals surface area contributed by atoms with Gasteiger partial charge in [-0.1, -0.05) is 41.4 Å². The Balaban J connectivity index is 1.69. The van der Waals surface area contributed by atoms with E-state index in [0.29, 0.717) is 28.5 Å². The van der Waals surface area contributed by atoms with Crippen LogP contribution in [0, 0.1) is 0 Å². The molecule has 0 unspecified atom stereocenters. The molecule has 1 aliphatic heterocycles. The molecule has 0 radical (unpaired) electrons. The number of ether oxygens (including phenoxy) is 4. The minimum Gasteiger partial charge on any atom is -0.493 e. The summed E-state index contributed by atoms with van der Waals surface area (Å²) in [5.41, 5.74) is -1.33. The lowest BCUT2D eigenvalue weighted by Crippen LogP contribution is -2.61. The van der Waals surface area contributed by atoms with E-state index in [2.05, 4.69) is 5.32 Å². The monoisotopic (exact) mass is 605 g/mol. The summed E-state index contributed by atoms with van der Waals surface area (Å²) in [4.78, 5) is 12.6. The van der Waals surface area contributed by atoms with E-state index in [1.165, 1.54) is 6.07 Å². The minimum absolute atomic E-state index is 0.0681. The molecule has 6 nitrogen and oxygen atoms in total. The third-order valence-electron chi connectivity index (χ3n) is 6.28. The fourth-order valence-electron chi connectivity index (χ4n) is 4.16. The summed E-state index contributed by atoms with van der Waals surface area (Å²) < 4.78 is 64.4. The summed E-state index contributed by atoms with van der Waals surface area (Å²) in [7, 11) is 0. The van der Waals surface area contributed by atoms with Crippen molar-refractivity contribution in [2.45, 2.75) is 83.4 Å². The number of benzene rings is 2. The van der Waals surface area contributed by atoms with Crippen LogP contribution in [0.2, 0.25) is 10.0 Å². The molecule has 11 heteroatoms. The first-order valence-electron chi connectivity index (χ1n) is 13.0. The predicted octanol–water partition coefficient (Wildman–Crippen LogP) is 8.00. The molecule has 0 aromatic heterocycles. The summed E-state index contributed by atoms with van der Waals surface area (Å²) in [6.45, 7) is 9.02. The van der Waals surface area contributed by atoms with Gasteiger partial charge in [0.15, 0.2) is 5.79 Å². The van der Waals surface area contributed by atoms with Gasteiger partial charge < -0.3 is 24.3 Å². The normalized spacial score (nSPS) is 16.9. The van der Waals surface area contributed by atoms with E-state index in [9.17, 15) is 18.0 Å². The zero-order valence-corrected chi connectivity index (χ0v) is 24.9. The lowest BCUT2D eigenvalue weighted by molar-refractivity contribution is -0.271. The number of alkyl halides is 3. The average molecular weight is 607 g/mol. The molecule has 222 valence electrons. The Hall–Kier alpha value is -2.20. The number of nitrogens with one attached hydrogen (secondary N) is 1. The number of amides is 1. The Morgan fingerprint density at radius 3 is 2.35 bits per heavy atom. The van der Waals surface area contributed by atoms with Crippen molar-refractivity contribution >= 4 is 29.3 Å². The molecule has 1 saturated heterocycles. The Labute approximate surface area is 243 Å². The van der Waals surface area contributed by atoms with E-state index < -0.39 is 34.8 Å². The van der Waals surface area contributed by atoms with Gasteiger partial charge >= 0.3 is 12.3 Å². The van der Waals surface area contributed by atoms with Gasteiger partial charge in [-0.05, 0) is 89.6 Å². The molecule has 40 heavy (non-hydrogen) atoms. The Morgan fingerprint density at radius 1 is 1.05 bits per heavy atom. The van der Waals surface area contributed by atoms with Crippen LogP contribution in [0.1, 0.15) is 64.2 Å². The fourth-order valence-corrected chi connectivity index (χ4v) is 4.57. The highest BCUT2D eigenvalue weighted by atomic mass is 35.5. The smallest absolute Gasteiger partial charge is 0.419 e. The highest BCUT2D eigenvalue weighted by Crippen LogP contribution is 2.38. The van der Waals surface area contributed by atoms with Gasteiger partial charge in [-0.2, -0.15) is 13.2 Å². The summed E-state index contributed by atoms with van der Waals surface area (Å²) >= 11 is 12.2. The highest BCUT2D eigenvalue weighted by molar-refractivity contribution is 6.42. The standard InChI is InChI=1S/C29H36Cl2F3NO5/c1-26(2,3)40-25(36)35-28(17-38-27(4,5)39-18-28)14-13-19-11-12-23(21(16-19)29(32,33)34)37-15-7-9-20-8-6-10-22(30)24(20)31/h6,8,10-12,16H,7,9,13-15,17-18H2,1-5H3,(H,35,36). The molecule has 2 aromatic rings. The maximum atomic E-state index is 14.0. The van der Waals surface area contributed by atoms with Crippen molar-refractivity contribution in [3.63, 3.8) is 0 Å². The first kappa shape index (κ1) is 32.3. The number of rotatable bonds is 9. The largest absolute Gasteiger partial charge is 0.493 e. The van der Waals surface area contributed by atoms with Crippen molar-refractivity contribution in [1.82, 2.24) is 5.32 Å². The molecule has 0 spiro atoms. The molecule has 1 amide bonds. The molecule has 1 heterocycles. The van der Waals surface area contributed by atoms with Crippen LogP contribution in [0.3, 0.4) is 0 Å². The Morgan fingerprint density at radius 2 is 1.73 bits per heavy atom. The minimum atomic E-state index is -4.62. The second kappa shape index (κ2) is 12.8. The Bertz CT molecular complexity index is 1170. The molecule has 1 aliphatic rings. The molecular weight excluding hydrogens is 570 g/mol. The van der Waals surface area contributed by atoms with Crippen molar-refractivity contribution in [2.75, 3.05) is 19.8 Å². The molecule has 0 saturated carbocycles. The third-order valence-corrected chi connectivity index (χ3v) is 7.14. The van der Waals surface area contributed by atoms with Crippen LogP contribution in [0.25, 0.3) is 0 Å². The van der Waals surface area contributed by atoms with Gasteiger partial charge in [0.05, 0.1) is 41.0 Å². The maximum absolute atomic E-state index is 14.0. The van der Waals surface area contributed by atoms with E-state index in [1.54, 1.807) is 52.8 Å². The lowest BCUT2D eigenvalue weighted by Gasteiger charge is -2.44. The van der Waals surface area contributed by atoms with E-state index in [-0.39, 0.29) is 38.4 Å². The zero-order chi connectivity index (χ0) is 29.8. The first-order valence-corrected chi connectivity index (χ1v) is 13.8. The molecule has 0 bridgehead atoms. The van der Waals surface area contributed by atoms with Crippen molar-refractivity contribution < 1.29 is 36.9 Å². The summed E-state index contributed by atoms with van der Waals surface area (Å²) in [6.07, 6.45) is -3.83. The number of hydrogen-bond donors (Lipinski definition) is 1. The molecule has 2 aromatic carbocycles. The summed E-state index contributed by atoms with van der Waals surface area (Å²) in [5, 5.41) is 3.69. The Kier molecular flexibility index (Phi) is 10.3. The van der Waals surface area contributed by atoms with Gasteiger partial charge in [0, 0.05) is 0 Å². The van der Waals surface area contributed by atoms with Gasteiger partial charge in [-0.3, -0.25) is 0 Å². The fraction of sp³-hybridized carbons (Fsp3) is 0.552. The maximum Gasteiger partial charge on any atom is 0.419 e. The van der Waals surface area contributed by atoms with E-state index >= 15 is 0 Å². The highest BCUT2D eigenvalue weighted by Gasteiger charge is 2.42. The van der Waals surface area contributed by atoms with Crippen LogP contribution >= 0.6 is 23.2 Å². The molecule has 0 atom stereocenters. The second-order valence-electron chi connectivity index (χ2n) is 11.4. The van der Waals surface area contributed by atoms with Crippen molar-refractivity contribution in [3.05, 3.63) is 63.1 Å². The van der Waals surface area contributed by atoms with Crippen LogP contribution < -0.4 is 10.1 Å². The number of aryl methyl sites for hydroxylation is 2. The van der Waals surface area contributed by atoms with Crippen molar-refractivity contribution in [1.29, 1.82) is 0 Å². The number of hydrogen-bond acceptors (Lipinski definition) is 5. The predicted molar refractivity (Wildman–Crippen MR) is 148 cm³/mol. The van der Waals surface area contributed by atoms with Crippen molar-refractivity contribution in [3.8, 4) is 5.75 Å². The zero-order valence-electron chi connectivity index (χ0n) is 23.3.